The molecule has 0 radical (unpaired) electrons. The number of hydrogen-bond donors (Lipinski definition) is 1. The molecule has 0 aromatic heterocycles. The Kier molecular flexibility index (Phi) is 4.18. The quantitative estimate of drug-likeness (QED) is 0.834. The van der Waals surface area contributed by atoms with Crippen LogP contribution in [0.3, 0.4) is 0 Å². The second-order valence-corrected chi connectivity index (χ2v) is 4.08. The SMILES string of the molecule is C[C@H](c1ccc(C(F)(F)F)cc1)N(C)C(=O)C(N)=O. The van der Waals surface area contributed by atoms with Gasteiger partial charge in [-0.1, -0.05) is 12.1 Å². The normalized spacial score (nSPS) is 12.9. The number of likely N-dealkylation sites (N-methyl/N-ethyl adjacent to an activating group) is 1. The Hall–Kier alpha value is -2.05. The monoisotopic (exact) mass is 274 g/mol. The number of amides is 2. The van der Waals surface area contributed by atoms with Gasteiger partial charge in [0.2, 0.25) is 0 Å². The first kappa shape index (κ1) is 15.0. The molecule has 0 spiro atoms. The van der Waals surface area contributed by atoms with Gasteiger partial charge in [-0.2, -0.15) is 13.2 Å². The van der Waals surface area contributed by atoms with Gasteiger partial charge < -0.3 is 10.6 Å². The maximum atomic E-state index is 12.4. The summed E-state index contributed by atoms with van der Waals surface area (Å²) in [6.45, 7) is 1.59. The summed E-state index contributed by atoms with van der Waals surface area (Å²) in [4.78, 5) is 23.2. The van der Waals surface area contributed by atoms with Crippen LogP contribution in [-0.4, -0.2) is 23.8 Å². The lowest BCUT2D eigenvalue weighted by Crippen LogP contribution is -2.39. The Bertz CT molecular complexity index is 483. The van der Waals surface area contributed by atoms with Gasteiger partial charge in [0.05, 0.1) is 11.6 Å². The van der Waals surface area contributed by atoms with E-state index < -0.39 is 29.6 Å². The molecule has 0 aliphatic rings. The van der Waals surface area contributed by atoms with E-state index in [-0.39, 0.29) is 0 Å². The molecule has 1 aromatic rings. The van der Waals surface area contributed by atoms with Crippen LogP contribution in [0.25, 0.3) is 0 Å². The first-order chi connectivity index (χ1) is 8.64. The lowest BCUT2D eigenvalue weighted by Gasteiger charge is -2.24. The maximum absolute atomic E-state index is 12.4. The van der Waals surface area contributed by atoms with Gasteiger partial charge in [-0.3, -0.25) is 9.59 Å². The third kappa shape index (κ3) is 3.46. The van der Waals surface area contributed by atoms with E-state index in [9.17, 15) is 22.8 Å². The largest absolute Gasteiger partial charge is 0.416 e. The van der Waals surface area contributed by atoms with E-state index >= 15 is 0 Å². The molecule has 2 N–H and O–H groups in total. The van der Waals surface area contributed by atoms with Crippen LogP contribution in [0.4, 0.5) is 13.2 Å². The highest BCUT2D eigenvalue weighted by molar-refractivity contribution is 6.34. The summed E-state index contributed by atoms with van der Waals surface area (Å²) in [6, 6.07) is 3.82. The summed E-state index contributed by atoms with van der Waals surface area (Å²) in [5, 5.41) is 0. The van der Waals surface area contributed by atoms with Crippen LogP contribution in [0.5, 0.6) is 0 Å². The molecule has 0 aliphatic carbocycles. The van der Waals surface area contributed by atoms with Gasteiger partial charge in [0.1, 0.15) is 0 Å². The summed E-state index contributed by atoms with van der Waals surface area (Å²) in [5.74, 6) is -2.01. The minimum atomic E-state index is -4.41. The van der Waals surface area contributed by atoms with Crippen molar-refractivity contribution in [3.8, 4) is 0 Å². The van der Waals surface area contributed by atoms with Crippen molar-refractivity contribution < 1.29 is 22.8 Å². The molecule has 0 bridgehead atoms. The minimum absolute atomic E-state index is 0.477. The van der Waals surface area contributed by atoms with Crippen molar-refractivity contribution >= 4 is 11.8 Å². The number of primary amides is 1. The Morgan fingerprint density at radius 2 is 1.68 bits per heavy atom. The van der Waals surface area contributed by atoms with Gasteiger partial charge in [0.15, 0.2) is 0 Å². The number of halogens is 3. The van der Waals surface area contributed by atoms with Crippen molar-refractivity contribution in [1.29, 1.82) is 0 Å². The van der Waals surface area contributed by atoms with Crippen LogP contribution in [0.15, 0.2) is 24.3 Å². The Morgan fingerprint density at radius 1 is 1.21 bits per heavy atom. The second-order valence-electron chi connectivity index (χ2n) is 4.08. The van der Waals surface area contributed by atoms with Gasteiger partial charge in [0, 0.05) is 7.05 Å². The topological polar surface area (TPSA) is 63.4 Å². The predicted octanol–water partition coefficient (Wildman–Crippen LogP) is 1.71. The van der Waals surface area contributed by atoms with Crippen molar-refractivity contribution in [2.45, 2.75) is 19.1 Å². The molecule has 19 heavy (non-hydrogen) atoms. The van der Waals surface area contributed by atoms with Gasteiger partial charge in [-0.25, -0.2) is 0 Å². The van der Waals surface area contributed by atoms with Gasteiger partial charge in [-0.05, 0) is 24.6 Å². The van der Waals surface area contributed by atoms with E-state index in [1.165, 1.54) is 19.2 Å². The molecule has 0 heterocycles. The zero-order valence-electron chi connectivity index (χ0n) is 10.4. The number of hydrogen-bond acceptors (Lipinski definition) is 2. The number of nitrogens with zero attached hydrogens (tertiary/aromatic N) is 1. The fraction of sp³-hybridized carbons (Fsp3) is 0.333. The second kappa shape index (κ2) is 5.29. The van der Waals surface area contributed by atoms with Gasteiger partial charge >= 0.3 is 18.0 Å². The molecule has 1 aromatic carbocycles. The Balaban J connectivity index is 2.92. The zero-order valence-corrected chi connectivity index (χ0v) is 10.4. The highest BCUT2D eigenvalue weighted by atomic mass is 19.4. The van der Waals surface area contributed by atoms with Crippen LogP contribution >= 0.6 is 0 Å². The van der Waals surface area contributed by atoms with Crippen LogP contribution in [0, 0.1) is 0 Å². The smallest absolute Gasteiger partial charge is 0.361 e. The summed E-state index contributed by atoms with van der Waals surface area (Å²) in [7, 11) is 1.36. The molecular weight excluding hydrogens is 261 g/mol. The van der Waals surface area contributed by atoms with Crippen molar-refractivity contribution in [2.24, 2.45) is 5.73 Å². The summed E-state index contributed by atoms with van der Waals surface area (Å²) < 4.78 is 37.2. The van der Waals surface area contributed by atoms with Crippen molar-refractivity contribution in [2.75, 3.05) is 7.05 Å². The fourth-order valence-electron chi connectivity index (χ4n) is 1.52. The van der Waals surface area contributed by atoms with E-state index in [4.69, 9.17) is 5.73 Å². The van der Waals surface area contributed by atoms with Crippen LogP contribution in [0.1, 0.15) is 24.1 Å². The van der Waals surface area contributed by atoms with Crippen LogP contribution in [-0.2, 0) is 15.8 Å². The first-order valence-corrected chi connectivity index (χ1v) is 5.38. The summed E-state index contributed by atoms with van der Waals surface area (Å²) in [6.07, 6.45) is -4.41. The molecule has 4 nitrogen and oxygen atoms in total. The molecule has 1 rings (SSSR count). The average molecular weight is 274 g/mol. The van der Waals surface area contributed by atoms with E-state index in [0.717, 1.165) is 17.0 Å². The molecule has 104 valence electrons. The van der Waals surface area contributed by atoms with Crippen LogP contribution in [0.2, 0.25) is 0 Å². The third-order valence-corrected chi connectivity index (χ3v) is 2.83. The number of carbonyl (C=O) groups is 2. The molecule has 0 saturated carbocycles. The molecule has 7 heteroatoms. The Morgan fingerprint density at radius 3 is 2.05 bits per heavy atom. The van der Waals surface area contributed by atoms with E-state index in [1.807, 2.05) is 0 Å². The molecule has 2 amide bonds. The molecule has 0 unspecified atom stereocenters. The first-order valence-electron chi connectivity index (χ1n) is 5.38. The van der Waals surface area contributed by atoms with Crippen molar-refractivity contribution in [3.05, 3.63) is 35.4 Å². The van der Waals surface area contributed by atoms with Crippen molar-refractivity contribution in [1.82, 2.24) is 4.90 Å². The summed E-state index contributed by atoms with van der Waals surface area (Å²) >= 11 is 0. The Labute approximate surface area is 108 Å². The summed E-state index contributed by atoms with van der Waals surface area (Å²) in [5.41, 5.74) is 4.56. The molecule has 0 fully saturated rings. The third-order valence-electron chi connectivity index (χ3n) is 2.83. The lowest BCUT2D eigenvalue weighted by molar-refractivity contribution is -0.144. The zero-order chi connectivity index (χ0) is 14.8. The van der Waals surface area contributed by atoms with Crippen molar-refractivity contribution in [3.63, 3.8) is 0 Å². The number of alkyl halides is 3. The molecule has 1 atom stereocenters. The molecule has 0 saturated heterocycles. The number of nitrogens with two attached hydrogens (primary N) is 1. The van der Waals surface area contributed by atoms with E-state index in [1.54, 1.807) is 6.92 Å². The number of benzene rings is 1. The molecular formula is C12H13F3N2O2. The van der Waals surface area contributed by atoms with Gasteiger partial charge in [0.25, 0.3) is 0 Å². The van der Waals surface area contributed by atoms with E-state index in [2.05, 4.69) is 0 Å². The standard InChI is InChI=1S/C12H13F3N2O2/c1-7(17(2)11(19)10(16)18)8-3-5-9(6-4-8)12(13,14)15/h3-7H,1-2H3,(H2,16,18)/t7-/m1/s1. The number of carbonyl (C=O) groups excluding carboxylic acids is 2. The lowest BCUT2D eigenvalue weighted by atomic mass is 10.0. The highest BCUT2D eigenvalue weighted by Gasteiger charge is 2.30. The van der Waals surface area contributed by atoms with Gasteiger partial charge in [-0.15, -0.1) is 0 Å². The highest BCUT2D eigenvalue weighted by Crippen LogP contribution is 2.30. The average Bonchev–Trinajstić information content (AvgIpc) is 2.35. The van der Waals surface area contributed by atoms with E-state index in [0.29, 0.717) is 5.56 Å². The van der Waals surface area contributed by atoms with Crippen LogP contribution < -0.4 is 5.73 Å². The maximum Gasteiger partial charge on any atom is 0.416 e. The fourth-order valence-corrected chi connectivity index (χ4v) is 1.52. The number of rotatable bonds is 2. The minimum Gasteiger partial charge on any atom is -0.361 e. The molecule has 0 aliphatic heterocycles. The predicted molar refractivity (Wildman–Crippen MR) is 61.8 cm³/mol.